The number of nitrogens with one attached hydrogen (secondary N) is 1. The van der Waals surface area contributed by atoms with Crippen LogP contribution in [0.5, 0.6) is 0 Å². The van der Waals surface area contributed by atoms with Crippen LogP contribution in [-0.2, 0) is 27.9 Å². The molecular formula is C71H125N2O7P. The molecule has 0 aromatic rings. The van der Waals surface area contributed by atoms with E-state index in [0.29, 0.717) is 17.4 Å². The molecule has 466 valence electrons. The van der Waals surface area contributed by atoms with E-state index in [9.17, 15) is 19.0 Å². The first-order valence-electron chi connectivity index (χ1n) is 33.2. The summed E-state index contributed by atoms with van der Waals surface area (Å²) in [5, 5.41) is 3.01. The molecule has 0 aromatic heterocycles. The van der Waals surface area contributed by atoms with Gasteiger partial charge in [-0.3, -0.25) is 14.2 Å². The number of amides is 1. The number of unbranched alkanes of at least 4 members (excludes halogenated alkanes) is 27. The molecule has 0 aliphatic heterocycles. The number of hydrogen-bond acceptors (Lipinski definition) is 7. The van der Waals surface area contributed by atoms with Crippen molar-refractivity contribution >= 4 is 19.7 Å². The fourth-order valence-electron chi connectivity index (χ4n) is 9.08. The Morgan fingerprint density at radius 2 is 0.790 bits per heavy atom. The summed E-state index contributed by atoms with van der Waals surface area (Å²) in [4.78, 5) is 40.1. The van der Waals surface area contributed by atoms with Crippen molar-refractivity contribution in [3.63, 3.8) is 0 Å². The molecule has 9 nitrogen and oxygen atoms in total. The van der Waals surface area contributed by atoms with Crippen LogP contribution in [0.4, 0.5) is 0 Å². The van der Waals surface area contributed by atoms with E-state index >= 15 is 0 Å². The molecule has 0 spiro atoms. The molecular weight excluding hydrogens is 1020 g/mol. The maximum absolute atomic E-state index is 13.5. The predicted molar refractivity (Wildman–Crippen MR) is 348 cm³/mol. The van der Waals surface area contributed by atoms with Gasteiger partial charge in [-0.1, -0.05) is 259 Å². The van der Waals surface area contributed by atoms with Gasteiger partial charge in [-0.15, -0.1) is 0 Å². The molecule has 0 bridgehead atoms. The smallest absolute Gasteiger partial charge is 0.306 e. The van der Waals surface area contributed by atoms with Crippen LogP contribution in [0.2, 0.25) is 0 Å². The number of phosphoric ester groups is 1. The summed E-state index contributed by atoms with van der Waals surface area (Å²) in [6, 6.07) is -0.918. The third-order valence-corrected chi connectivity index (χ3v) is 15.2. The van der Waals surface area contributed by atoms with Gasteiger partial charge in [0, 0.05) is 12.8 Å². The second-order valence-electron chi connectivity index (χ2n) is 23.2. The number of ether oxygens (including phenoxy) is 1. The van der Waals surface area contributed by atoms with Crippen molar-refractivity contribution in [3.05, 3.63) is 109 Å². The Kier molecular flexibility index (Phi) is 57.4. The van der Waals surface area contributed by atoms with Crippen LogP contribution >= 0.6 is 7.82 Å². The minimum absolute atomic E-state index is 0.0358. The monoisotopic (exact) mass is 1150 g/mol. The molecule has 0 aliphatic rings. The topological polar surface area (TPSA) is 114 Å². The normalized spacial score (nSPS) is 14.3. The summed E-state index contributed by atoms with van der Waals surface area (Å²) < 4.78 is 30.3. The first kappa shape index (κ1) is 77.7. The van der Waals surface area contributed by atoms with E-state index in [4.69, 9.17) is 13.8 Å². The van der Waals surface area contributed by atoms with Crippen molar-refractivity contribution in [2.24, 2.45) is 0 Å². The van der Waals surface area contributed by atoms with Gasteiger partial charge >= 0.3 is 5.97 Å². The molecule has 3 atom stereocenters. The largest absolute Gasteiger partial charge is 0.756 e. The molecule has 1 N–H and O–H groups in total. The molecule has 0 rings (SSSR count). The lowest BCUT2D eigenvalue weighted by Crippen LogP contribution is -2.47. The minimum Gasteiger partial charge on any atom is -0.756 e. The molecule has 0 aromatic carbocycles. The van der Waals surface area contributed by atoms with E-state index in [0.717, 1.165) is 96.3 Å². The van der Waals surface area contributed by atoms with Crippen molar-refractivity contribution in [2.45, 2.75) is 290 Å². The number of rotatable bonds is 59. The van der Waals surface area contributed by atoms with Crippen molar-refractivity contribution in [3.8, 4) is 0 Å². The average molecular weight is 1150 g/mol. The molecule has 0 saturated carbocycles. The molecule has 81 heavy (non-hydrogen) atoms. The first-order chi connectivity index (χ1) is 39.4. The van der Waals surface area contributed by atoms with Crippen LogP contribution in [0.3, 0.4) is 0 Å². The number of esters is 1. The summed E-state index contributed by atoms with van der Waals surface area (Å²) in [5.74, 6) is -0.595. The Bertz CT molecular complexity index is 1750. The minimum atomic E-state index is -4.72. The number of quaternary nitrogens is 1. The van der Waals surface area contributed by atoms with Crippen LogP contribution in [0.1, 0.15) is 278 Å². The molecule has 3 unspecified atom stereocenters. The number of phosphoric acid groups is 1. The van der Waals surface area contributed by atoms with Gasteiger partial charge in [0.2, 0.25) is 5.91 Å². The maximum atomic E-state index is 13.5. The fraction of sp³-hybridized carbons (Fsp3) is 0.718. The third-order valence-electron chi connectivity index (χ3n) is 14.2. The predicted octanol–water partition coefficient (Wildman–Crippen LogP) is 20.3. The molecule has 0 heterocycles. The van der Waals surface area contributed by atoms with Gasteiger partial charge in [-0.25, -0.2) is 0 Å². The Hall–Kier alpha value is -3.33. The van der Waals surface area contributed by atoms with E-state index in [2.05, 4.69) is 123 Å². The summed E-state index contributed by atoms with van der Waals surface area (Å²) in [6.45, 7) is 6.67. The lowest BCUT2D eigenvalue weighted by Gasteiger charge is -2.30. The van der Waals surface area contributed by atoms with Crippen molar-refractivity contribution in [1.29, 1.82) is 0 Å². The zero-order valence-corrected chi connectivity index (χ0v) is 54.1. The van der Waals surface area contributed by atoms with Crippen LogP contribution in [-0.4, -0.2) is 69.4 Å². The van der Waals surface area contributed by atoms with Gasteiger partial charge in [0.25, 0.3) is 7.82 Å². The molecule has 0 aliphatic carbocycles. The molecule has 1 amide bonds. The number of nitrogens with zero attached hydrogens (tertiary/aromatic N) is 1. The van der Waals surface area contributed by atoms with E-state index in [1.165, 1.54) is 141 Å². The Balaban J connectivity index is 5.19. The highest BCUT2D eigenvalue weighted by Gasteiger charge is 2.27. The van der Waals surface area contributed by atoms with Crippen LogP contribution in [0.15, 0.2) is 109 Å². The van der Waals surface area contributed by atoms with Gasteiger partial charge in [-0.2, -0.15) is 0 Å². The van der Waals surface area contributed by atoms with Crippen molar-refractivity contribution < 1.29 is 37.3 Å². The van der Waals surface area contributed by atoms with Gasteiger partial charge in [0.1, 0.15) is 19.3 Å². The Morgan fingerprint density at radius 1 is 0.444 bits per heavy atom. The Morgan fingerprint density at radius 3 is 1.22 bits per heavy atom. The van der Waals surface area contributed by atoms with Crippen LogP contribution in [0.25, 0.3) is 0 Å². The van der Waals surface area contributed by atoms with Gasteiger partial charge in [0.05, 0.1) is 33.8 Å². The molecule has 10 heteroatoms. The third kappa shape index (κ3) is 61.1. The number of carbonyl (C=O) groups is 2. The van der Waals surface area contributed by atoms with E-state index in [1.54, 1.807) is 0 Å². The second-order valence-corrected chi connectivity index (χ2v) is 24.6. The molecule has 0 radical (unpaired) electrons. The maximum Gasteiger partial charge on any atom is 0.306 e. The summed E-state index contributed by atoms with van der Waals surface area (Å²) in [7, 11) is 1.14. The number of likely N-dealkylation sites (N-methyl/N-ethyl adjacent to an activating group) is 1. The van der Waals surface area contributed by atoms with Crippen molar-refractivity contribution in [2.75, 3.05) is 40.9 Å². The standard InChI is InChI=1S/C71H125N2O7P/c1-7-10-13-16-19-22-25-27-29-31-33-35-36-38-40-42-44-46-49-52-55-58-61-64-71(75)80-69(62-59-56-53-50-47-24-21-18-15-12-9-3)68(67-79-81(76,77)78-66-65-73(4,5)6)72-70(74)63-60-57-54-51-48-45-43-41-39-37-34-32-30-28-26-23-20-17-14-11-8-2/h11,14,19-20,22-23,27-30,34,37,41,43,48,51,59,62,68-69H,7-10,12-13,15-18,21,24-26,31-33,35-36,38-40,42,44-47,49-50,52-58,60-61,63-67H2,1-6H3,(H-,72,74,76,77)/b14-11-,22-19-,23-20-,29-27-,30-28-,37-34-,43-41-,51-48-,62-59+. The zero-order chi connectivity index (χ0) is 59.3. The van der Waals surface area contributed by atoms with Crippen LogP contribution in [0, 0.1) is 0 Å². The lowest BCUT2D eigenvalue weighted by molar-refractivity contribution is -0.870. The number of hydrogen-bond donors (Lipinski definition) is 1. The van der Waals surface area contributed by atoms with Gasteiger partial charge in [-0.05, 0) is 115 Å². The van der Waals surface area contributed by atoms with Gasteiger partial charge < -0.3 is 28.5 Å². The first-order valence-corrected chi connectivity index (χ1v) is 34.7. The quantitative estimate of drug-likeness (QED) is 0.0212. The second kappa shape index (κ2) is 59.8. The molecule has 0 fully saturated rings. The van der Waals surface area contributed by atoms with Gasteiger partial charge in [0.15, 0.2) is 0 Å². The van der Waals surface area contributed by atoms with Crippen LogP contribution < -0.4 is 10.2 Å². The fourth-order valence-corrected chi connectivity index (χ4v) is 9.81. The SMILES string of the molecule is CC/C=C\C/C=C\C/C=C\C/C=C\C/C=C\C/C=C\CCCCC(=O)NC(COP(=O)([O-])OCC[N+](C)(C)C)C(/C=C/CCCCCCCCCCC)OC(=O)CCCCCCCCCCCCCCC/C=C\C/C=C\CCCCC. The highest BCUT2D eigenvalue weighted by atomic mass is 31.2. The van der Waals surface area contributed by atoms with Crippen molar-refractivity contribution in [1.82, 2.24) is 5.32 Å². The highest BCUT2D eigenvalue weighted by Crippen LogP contribution is 2.38. The zero-order valence-electron chi connectivity index (χ0n) is 53.2. The molecule has 0 saturated heterocycles. The van der Waals surface area contributed by atoms with E-state index in [-0.39, 0.29) is 31.3 Å². The summed E-state index contributed by atoms with van der Waals surface area (Å²) >= 11 is 0. The van der Waals surface area contributed by atoms with E-state index in [1.807, 2.05) is 33.3 Å². The van der Waals surface area contributed by atoms with E-state index < -0.39 is 26.6 Å². The Labute approximate surface area is 500 Å². The number of allylic oxidation sites excluding steroid dienone is 17. The lowest BCUT2D eigenvalue weighted by atomic mass is 10.0. The number of carbonyl (C=O) groups excluding carboxylic acids is 2. The highest BCUT2D eigenvalue weighted by molar-refractivity contribution is 7.45. The average Bonchev–Trinajstić information content (AvgIpc) is 3.44. The summed E-state index contributed by atoms with van der Waals surface area (Å²) in [6.07, 6.45) is 82.1. The summed E-state index contributed by atoms with van der Waals surface area (Å²) in [5.41, 5.74) is 0.